The van der Waals surface area contributed by atoms with E-state index in [-0.39, 0.29) is 18.3 Å². The molecule has 0 radical (unpaired) electrons. The average Bonchev–Trinajstić information content (AvgIpc) is 3.17. The minimum atomic E-state index is -0.771. The van der Waals surface area contributed by atoms with Crippen molar-refractivity contribution >= 4 is 39.3 Å². The number of halogens is 1. The number of ether oxygens (including phenoxy) is 4. The van der Waals surface area contributed by atoms with Gasteiger partial charge in [-0.3, -0.25) is 9.36 Å². The molecule has 0 saturated carbocycles. The number of carbonyl (C=O) groups is 1. The summed E-state index contributed by atoms with van der Waals surface area (Å²) in [5.41, 5.74) is 1.87. The van der Waals surface area contributed by atoms with Crippen LogP contribution in [0.2, 0.25) is 0 Å². The van der Waals surface area contributed by atoms with E-state index in [1.807, 2.05) is 44.2 Å². The normalized spacial score (nSPS) is 15.3. The number of para-hydroxylation sites is 1. The first kappa shape index (κ1) is 27.7. The van der Waals surface area contributed by atoms with Gasteiger partial charge in [0.25, 0.3) is 5.56 Å². The van der Waals surface area contributed by atoms with Gasteiger partial charge < -0.3 is 18.9 Å². The van der Waals surface area contributed by atoms with E-state index in [0.717, 1.165) is 4.47 Å². The molecule has 3 aromatic rings. The van der Waals surface area contributed by atoms with E-state index >= 15 is 0 Å². The SMILES string of the molecule is CCOC(=O)C1=C(C)N=c2s/c(=C/c3cc(Br)c(OC)cc3OC)c(=O)n2[C@@H]1c1ccccc1OC(C)C. The fourth-order valence-electron chi connectivity index (χ4n) is 4.29. The second-order valence-corrected chi connectivity index (χ2v) is 10.6. The molecule has 38 heavy (non-hydrogen) atoms. The molecule has 0 unspecified atom stereocenters. The number of hydrogen-bond acceptors (Lipinski definition) is 8. The van der Waals surface area contributed by atoms with Gasteiger partial charge in [0.2, 0.25) is 0 Å². The van der Waals surface area contributed by atoms with Gasteiger partial charge in [-0.15, -0.1) is 0 Å². The molecule has 1 aromatic heterocycles. The Morgan fingerprint density at radius 1 is 1.16 bits per heavy atom. The van der Waals surface area contributed by atoms with Gasteiger partial charge in [-0.25, -0.2) is 9.79 Å². The molecule has 4 rings (SSSR count). The third-order valence-corrected chi connectivity index (χ3v) is 7.49. The molecule has 2 aromatic carbocycles. The number of carbonyl (C=O) groups excluding carboxylic acids is 1. The summed E-state index contributed by atoms with van der Waals surface area (Å²) < 4.78 is 25.1. The highest BCUT2D eigenvalue weighted by atomic mass is 79.9. The summed E-state index contributed by atoms with van der Waals surface area (Å²) in [5.74, 6) is 1.22. The molecule has 1 atom stereocenters. The maximum Gasteiger partial charge on any atom is 0.338 e. The molecule has 200 valence electrons. The predicted octanol–water partition coefficient (Wildman–Crippen LogP) is 4.37. The van der Waals surface area contributed by atoms with E-state index < -0.39 is 12.0 Å². The zero-order valence-electron chi connectivity index (χ0n) is 22.0. The van der Waals surface area contributed by atoms with E-state index in [2.05, 4.69) is 20.9 Å². The molecule has 0 fully saturated rings. The van der Waals surface area contributed by atoms with Crippen molar-refractivity contribution in [1.82, 2.24) is 4.57 Å². The Hall–Kier alpha value is -3.37. The third kappa shape index (κ3) is 5.28. The quantitative estimate of drug-likeness (QED) is 0.357. The first-order valence-corrected chi connectivity index (χ1v) is 13.7. The summed E-state index contributed by atoms with van der Waals surface area (Å²) in [6.45, 7) is 7.55. The zero-order chi connectivity index (χ0) is 27.6. The molecule has 2 heterocycles. The number of fused-ring (bicyclic) bond motifs is 1. The number of esters is 1. The van der Waals surface area contributed by atoms with Gasteiger partial charge in [0.1, 0.15) is 23.3 Å². The highest BCUT2D eigenvalue weighted by Crippen LogP contribution is 2.36. The van der Waals surface area contributed by atoms with Gasteiger partial charge in [-0.1, -0.05) is 29.5 Å². The molecule has 0 amide bonds. The van der Waals surface area contributed by atoms with Gasteiger partial charge in [-0.2, -0.15) is 0 Å². The number of rotatable bonds is 8. The maximum atomic E-state index is 14.0. The molecule has 8 nitrogen and oxygen atoms in total. The van der Waals surface area contributed by atoms with Crippen LogP contribution in [0.25, 0.3) is 6.08 Å². The lowest BCUT2D eigenvalue weighted by molar-refractivity contribution is -0.139. The van der Waals surface area contributed by atoms with E-state index in [4.69, 9.17) is 18.9 Å². The Morgan fingerprint density at radius 3 is 2.53 bits per heavy atom. The molecule has 0 bridgehead atoms. The Bertz CT molecular complexity index is 1590. The first-order valence-electron chi connectivity index (χ1n) is 12.1. The van der Waals surface area contributed by atoms with Gasteiger partial charge in [-0.05, 0) is 61.8 Å². The van der Waals surface area contributed by atoms with Crippen LogP contribution in [0.5, 0.6) is 17.2 Å². The summed E-state index contributed by atoms with van der Waals surface area (Å²) in [6, 6.07) is 10.2. The zero-order valence-corrected chi connectivity index (χ0v) is 24.4. The van der Waals surface area contributed by atoms with Crippen LogP contribution < -0.4 is 29.1 Å². The van der Waals surface area contributed by atoms with Crippen molar-refractivity contribution in [1.29, 1.82) is 0 Å². The second kappa shape index (κ2) is 11.6. The van der Waals surface area contributed by atoms with Crippen molar-refractivity contribution in [2.75, 3.05) is 20.8 Å². The molecule has 1 aliphatic heterocycles. The van der Waals surface area contributed by atoms with Gasteiger partial charge in [0.05, 0.1) is 47.2 Å². The fourth-order valence-corrected chi connectivity index (χ4v) is 5.85. The molecular weight excluding hydrogens is 572 g/mol. The summed E-state index contributed by atoms with van der Waals surface area (Å²) in [4.78, 5) is 32.3. The predicted molar refractivity (Wildman–Crippen MR) is 150 cm³/mol. The second-order valence-electron chi connectivity index (χ2n) is 8.74. The van der Waals surface area contributed by atoms with Gasteiger partial charge >= 0.3 is 5.97 Å². The van der Waals surface area contributed by atoms with Crippen LogP contribution in [-0.2, 0) is 9.53 Å². The van der Waals surface area contributed by atoms with Crippen molar-refractivity contribution in [2.45, 2.75) is 39.8 Å². The van der Waals surface area contributed by atoms with Gasteiger partial charge in [0.15, 0.2) is 4.80 Å². The van der Waals surface area contributed by atoms with Crippen molar-refractivity contribution < 1.29 is 23.7 Å². The van der Waals surface area contributed by atoms with Crippen LogP contribution in [0.15, 0.2) is 61.9 Å². The molecule has 0 N–H and O–H groups in total. The lowest BCUT2D eigenvalue weighted by Crippen LogP contribution is -2.40. The summed E-state index contributed by atoms with van der Waals surface area (Å²) in [7, 11) is 3.13. The van der Waals surface area contributed by atoms with E-state index in [0.29, 0.717) is 49.0 Å². The van der Waals surface area contributed by atoms with Crippen LogP contribution >= 0.6 is 27.3 Å². The molecule has 0 aliphatic carbocycles. The van der Waals surface area contributed by atoms with Crippen molar-refractivity contribution in [3.05, 3.63) is 83.0 Å². The smallest absolute Gasteiger partial charge is 0.338 e. The molecule has 1 aliphatic rings. The Balaban J connectivity index is 1.99. The van der Waals surface area contributed by atoms with E-state index in [1.54, 1.807) is 44.8 Å². The molecule has 10 heteroatoms. The highest BCUT2D eigenvalue weighted by molar-refractivity contribution is 9.10. The van der Waals surface area contributed by atoms with Crippen LogP contribution in [0, 0.1) is 0 Å². The molecule has 0 spiro atoms. The minimum absolute atomic E-state index is 0.107. The van der Waals surface area contributed by atoms with Crippen LogP contribution in [0.4, 0.5) is 0 Å². The summed E-state index contributed by atoms with van der Waals surface area (Å²) in [6.07, 6.45) is 1.65. The van der Waals surface area contributed by atoms with Crippen molar-refractivity contribution in [2.24, 2.45) is 4.99 Å². The topological polar surface area (TPSA) is 88.4 Å². The average molecular weight is 602 g/mol. The third-order valence-electron chi connectivity index (χ3n) is 5.88. The van der Waals surface area contributed by atoms with Crippen LogP contribution in [-0.4, -0.2) is 37.5 Å². The number of methoxy groups -OCH3 is 2. The molecule has 0 saturated heterocycles. The van der Waals surface area contributed by atoms with Crippen molar-refractivity contribution in [3.8, 4) is 17.2 Å². The minimum Gasteiger partial charge on any atom is -0.496 e. The van der Waals surface area contributed by atoms with Crippen LogP contribution in [0.3, 0.4) is 0 Å². The monoisotopic (exact) mass is 600 g/mol. The molecular formula is C28H29BrN2O6S. The fraction of sp³-hybridized carbons (Fsp3) is 0.321. The highest BCUT2D eigenvalue weighted by Gasteiger charge is 2.35. The number of allylic oxidation sites excluding steroid dienone is 1. The summed E-state index contributed by atoms with van der Waals surface area (Å²) in [5, 5.41) is 0. The lowest BCUT2D eigenvalue weighted by atomic mass is 9.95. The Kier molecular flexibility index (Phi) is 8.42. The largest absolute Gasteiger partial charge is 0.496 e. The number of benzene rings is 2. The Labute approximate surface area is 233 Å². The van der Waals surface area contributed by atoms with Crippen molar-refractivity contribution in [3.63, 3.8) is 0 Å². The first-order chi connectivity index (χ1) is 18.2. The maximum absolute atomic E-state index is 14.0. The standard InChI is InChI=1S/C28H29BrN2O6S/c1-7-36-27(33)24-16(4)30-28-31(25(24)18-10-8-9-11-20(18)37-15(2)3)26(32)23(38-28)13-17-12-19(29)22(35-6)14-21(17)34-5/h8-15,25H,7H2,1-6H3/b23-13+/t25-/m1/s1. The van der Waals surface area contributed by atoms with Gasteiger partial charge in [0, 0.05) is 17.2 Å². The van der Waals surface area contributed by atoms with E-state index in [9.17, 15) is 9.59 Å². The number of thiazole rings is 1. The Morgan fingerprint density at radius 2 is 1.87 bits per heavy atom. The number of nitrogens with zero attached hydrogens (tertiary/aromatic N) is 2. The van der Waals surface area contributed by atoms with E-state index in [1.165, 1.54) is 11.3 Å². The summed E-state index contributed by atoms with van der Waals surface area (Å²) >= 11 is 4.74. The number of hydrogen-bond donors (Lipinski definition) is 0. The lowest BCUT2D eigenvalue weighted by Gasteiger charge is -2.26. The van der Waals surface area contributed by atoms with Crippen LogP contribution in [0.1, 0.15) is 44.9 Å². The number of aromatic nitrogens is 1.